The zero-order chi connectivity index (χ0) is 12.3. The predicted octanol–water partition coefficient (Wildman–Crippen LogP) is 4.56. The quantitative estimate of drug-likeness (QED) is 0.567. The molecule has 1 aromatic carbocycles. The minimum absolute atomic E-state index is 0.262. The van der Waals surface area contributed by atoms with Crippen LogP contribution in [0.1, 0.15) is 24.5 Å². The summed E-state index contributed by atoms with van der Waals surface area (Å²) in [5, 5.41) is 0. The Morgan fingerprint density at radius 3 is 2.38 bits per heavy atom. The van der Waals surface area contributed by atoms with Crippen molar-refractivity contribution in [2.45, 2.75) is 30.8 Å². The van der Waals surface area contributed by atoms with E-state index in [4.69, 9.17) is 0 Å². The van der Waals surface area contributed by atoms with E-state index in [1.807, 2.05) is 6.92 Å². The van der Waals surface area contributed by atoms with Crippen LogP contribution in [0, 0.1) is 5.82 Å². The van der Waals surface area contributed by atoms with Crippen LogP contribution in [0.4, 0.5) is 17.6 Å². The van der Waals surface area contributed by atoms with Gasteiger partial charge in [0.05, 0.1) is 5.56 Å². The normalized spacial score (nSPS) is 13.9. The zero-order valence-corrected chi connectivity index (χ0v) is 10.2. The number of hydrogen-bond acceptors (Lipinski definition) is 0. The van der Waals surface area contributed by atoms with Crippen molar-refractivity contribution in [3.05, 3.63) is 35.1 Å². The first-order chi connectivity index (χ1) is 7.30. The van der Waals surface area contributed by atoms with Gasteiger partial charge in [-0.15, -0.1) is 0 Å². The molecule has 0 bridgehead atoms. The first kappa shape index (κ1) is 13.5. The topological polar surface area (TPSA) is 0 Å². The van der Waals surface area contributed by atoms with Gasteiger partial charge in [0.1, 0.15) is 5.82 Å². The number of rotatable bonds is 3. The fraction of sp³-hybridized carbons (Fsp3) is 0.455. The lowest BCUT2D eigenvalue weighted by atomic mass is 10.1. The van der Waals surface area contributed by atoms with Gasteiger partial charge >= 0.3 is 6.18 Å². The molecular formula is C11H11BrF4. The summed E-state index contributed by atoms with van der Waals surface area (Å²) in [6.45, 7) is 1.93. The Morgan fingerprint density at radius 2 is 1.94 bits per heavy atom. The number of alkyl halides is 4. The summed E-state index contributed by atoms with van der Waals surface area (Å²) in [7, 11) is 0. The van der Waals surface area contributed by atoms with Crippen LogP contribution in [0.15, 0.2) is 18.2 Å². The van der Waals surface area contributed by atoms with E-state index in [1.165, 1.54) is 6.07 Å². The van der Waals surface area contributed by atoms with Crippen molar-refractivity contribution in [1.29, 1.82) is 0 Å². The molecule has 16 heavy (non-hydrogen) atoms. The highest BCUT2D eigenvalue weighted by Crippen LogP contribution is 2.31. The van der Waals surface area contributed by atoms with E-state index >= 15 is 0 Å². The molecule has 0 heterocycles. The Morgan fingerprint density at radius 1 is 1.31 bits per heavy atom. The van der Waals surface area contributed by atoms with Gasteiger partial charge in [0.25, 0.3) is 0 Å². The molecule has 90 valence electrons. The van der Waals surface area contributed by atoms with Crippen molar-refractivity contribution < 1.29 is 17.6 Å². The summed E-state index contributed by atoms with van der Waals surface area (Å²) in [5.74, 6) is -1.20. The predicted molar refractivity (Wildman–Crippen MR) is 58.1 cm³/mol. The van der Waals surface area contributed by atoms with Crippen molar-refractivity contribution in [2.24, 2.45) is 0 Å². The van der Waals surface area contributed by atoms with Gasteiger partial charge in [-0.2, -0.15) is 13.2 Å². The molecule has 0 N–H and O–H groups in total. The highest BCUT2D eigenvalue weighted by molar-refractivity contribution is 9.09. The van der Waals surface area contributed by atoms with E-state index in [2.05, 4.69) is 15.9 Å². The fourth-order valence-corrected chi connectivity index (χ4v) is 1.54. The van der Waals surface area contributed by atoms with E-state index in [0.29, 0.717) is 12.0 Å². The average Bonchev–Trinajstić information content (AvgIpc) is 2.12. The Balaban J connectivity index is 2.83. The van der Waals surface area contributed by atoms with E-state index < -0.39 is 17.6 Å². The summed E-state index contributed by atoms with van der Waals surface area (Å²) in [4.78, 5) is 0.262. The smallest absolute Gasteiger partial charge is 0.206 e. The second-order valence-electron chi connectivity index (χ2n) is 3.63. The summed E-state index contributed by atoms with van der Waals surface area (Å²) in [6, 6.07) is 3.07. The maximum absolute atomic E-state index is 13.1. The van der Waals surface area contributed by atoms with Crippen LogP contribution in [0.3, 0.4) is 0 Å². The first-order valence-corrected chi connectivity index (χ1v) is 5.72. The SMILES string of the molecule is CC(Br)CCc1ccc(C(F)(F)F)c(F)c1. The van der Waals surface area contributed by atoms with Crippen LogP contribution in [0.2, 0.25) is 0 Å². The maximum atomic E-state index is 13.1. The first-order valence-electron chi connectivity index (χ1n) is 4.80. The van der Waals surface area contributed by atoms with Gasteiger partial charge in [-0.05, 0) is 30.5 Å². The van der Waals surface area contributed by atoms with E-state index in [-0.39, 0.29) is 4.83 Å². The van der Waals surface area contributed by atoms with Gasteiger partial charge < -0.3 is 0 Å². The lowest BCUT2D eigenvalue weighted by molar-refractivity contribution is -0.140. The van der Waals surface area contributed by atoms with Crippen LogP contribution in [0.5, 0.6) is 0 Å². The van der Waals surface area contributed by atoms with Crippen LogP contribution in [-0.4, -0.2) is 4.83 Å². The molecule has 1 rings (SSSR count). The van der Waals surface area contributed by atoms with Gasteiger partial charge in [-0.25, -0.2) is 4.39 Å². The van der Waals surface area contributed by atoms with Crippen LogP contribution in [-0.2, 0) is 12.6 Å². The number of halogens is 5. The van der Waals surface area contributed by atoms with E-state index in [9.17, 15) is 17.6 Å². The Labute approximate surface area is 99.8 Å². The van der Waals surface area contributed by atoms with Crippen molar-refractivity contribution in [3.63, 3.8) is 0 Å². The molecule has 0 aromatic heterocycles. The molecule has 1 atom stereocenters. The van der Waals surface area contributed by atoms with Gasteiger partial charge in [-0.3, -0.25) is 0 Å². The maximum Gasteiger partial charge on any atom is 0.419 e. The van der Waals surface area contributed by atoms with Crippen LogP contribution in [0.25, 0.3) is 0 Å². The Bertz CT molecular complexity index is 357. The summed E-state index contributed by atoms with van der Waals surface area (Å²) in [5.41, 5.74) is -0.625. The molecule has 0 aliphatic heterocycles. The molecule has 0 saturated heterocycles. The second kappa shape index (κ2) is 5.17. The largest absolute Gasteiger partial charge is 0.419 e. The Hall–Kier alpha value is -0.580. The molecule has 0 saturated carbocycles. The number of aryl methyl sites for hydroxylation is 1. The standard InChI is InChI=1S/C11H11BrF4/c1-7(12)2-3-8-4-5-9(10(13)6-8)11(14,15)16/h4-7H,2-3H2,1H3. The number of hydrogen-bond donors (Lipinski definition) is 0. The lowest BCUT2D eigenvalue weighted by Crippen LogP contribution is -2.08. The van der Waals surface area contributed by atoms with Crippen LogP contribution >= 0.6 is 15.9 Å². The summed E-state index contributed by atoms with van der Waals surface area (Å²) in [6.07, 6.45) is -3.31. The van der Waals surface area contributed by atoms with Gasteiger partial charge in [0, 0.05) is 4.83 Å². The van der Waals surface area contributed by atoms with Crippen molar-refractivity contribution in [3.8, 4) is 0 Å². The van der Waals surface area contributed by atoms with Crippen molar-refractivity contribution in [1.82, 2.24) is 0 Å². The molecule has 0 radical (unpaired) electrons. The summed E-state index contributed by atoms with van der Waals surface area (Å²) >= 11 is 3.32. The third-order valence-corrected chi connectivity index (χ3v) is 2.63. The van der Waals surface area contributed by atoms with Crippen molar-refractivity contribution in [2.75, 3.05) is 0 Å². The van der Waals surface area contributed by atoms with Gasteiger partial charge in [-0.1, -0.05) is 28.9 Å². The minimum atomic E-state index is -4.62. The van der Waals surface area contributed by atoms with Crippen LogP contribution < -0.4 is 0 Å². The van der Waals surface area contributed by atoms with Gasteiger partial charge in [0.15, 0.2) is 0 Å². The third-order valence-electron chi connectivity index (χ3n) is 2.17. The minimum Gasteiger partial charge on any atom is -0.206 e. The molecule has 0 spiro atoms. The molecule has 1 unspecified atom stereocenters. The molecule has 0 aliphatic carbocycles. The molecular weight excluding hydrogens is 288 g/mol. The zero-order valence-electron chi connectivity index (χ0n) is 8.61. The molecule has 0 nitrogen and oxygen atoms in total. The average molecular weight is 299 g/mol. The summed E-state index contributed by atoms with van der Waals surface area (Å²) < 4.78 is 49.9. The van der Waals surface area contributed by atoms with Crippen molar-refractivity contribution >= 4 is 15.9 Å². The molecule has 5 heteroatoms. The lowest BCUT2D eigenvalue weighted by Gasteiger charge is -2.09. The monoisotopic (exact) mass is 298 g/mol. The van der Waals surface area contributed by atoms with E-state index in [1.54, 1.807) is 0 Å². The molecule has 0 amide bonds. The molecule has 0 fully saturated rings. The highest BCUT2D eigenvalue weighted by Gasteiger charge is 2.33. The van der Waals surface area contributed by atoms with E-state index in [0.717, 1.165) is 18.6 Å². The number of benzene rings is 1. The molecule has 0 aliphatic rings. The second-order valence-corrected chi connectivity index (χ2v) is 5.19. The highest BCUT2D eigenvalue weighted by atomic mass is 79.9. The molecule has 1 aromatic rings. The van der Waals surface area contributed by atoms with Gasteiger partial charge in [0.2, 0.25) is 0 Å². The fourth-order valence-electron chi connectivity index (χ4n) is 1.31. The Kier molecular flexibility index (Phi) is 4.35. The third kappa shape index (κ3) is 3.77.